The maximum absolute atomic E-state index is 6.37. The van der Waals surface area contributed by atoms with Crippen molar-refractivity contribution in [2.24, 2.45) is 0 Å². The minimum atomic E-state index is 0.391. The molecule has 1 fully saturated rings. The molecule has 19 heavy (non-hydrogen) atoms. The lowest BCUT2D eigenvalue weighted by Gasteiger charge is -2.20. The zero-order valence-corrected chi connectivity index (χ0v) is 12.8. The summed E-state index contributed by atoms with van der Waals surface area (Å²) in [4.78, 5) is 0. The number of hydrogen-bond donors (Lipinski definition) is 1. The molecule has 0 bridgehead atoms. The van der Waals surface area contributed by atoms with Crippen molar-refractivity contribution in [3.8, 4) is 0 Å². The van der Waals surface area contributed by atoms with Gasteiger partial charge in [-0.05, 0) is 40.2 Å². The molecule has 0 saturated carbocycles. The van der Waals surface area contributed by atoms with Crippen LogP contribution in [0.3, 0.4) is 0 Å². The summed E-state index contributed by atoms with van der Waals surface area (Å²) in [5.74, 6) is 0. The third kappa shape index (κ3) is 3.50. The summed E-state index contributed by atoms with van der Waals surface area (Å²) in [7, 11) is 2.01. The maximum atomic E-state index is 6.37. The van der Waals surface area contributed by atoms with E-state index in [1.54, 1.807) is 0 Å². The van der Waals surface area contributed by atoms with Crippen LogP contribution < -0.4 is 5.32 Å². The average Bonchev–Trinajstić information content (AvgIpc) is 3.01. The molecule has 2 atom stereocenters. The minimum Gasteiger partial charge on any atom is -0.378 e. The first kappa shape index (κ1) is 14.8. The number of aryl methyl sites for hydroxylation is 2. The van der Waals surface area contributed by atoms with Crippen LogP contribution in [0, 0.1) is 6.92 Å². The molecule has 4 nitrogen and oxygen atoms in total. The summed E-state index contributed by atoms with van der Waals surface area (Å²) in [5.41, 5.74) is 2.06. The average molecular weight is 286 g/mol. The fraction of sp³-hybridized carbons (Fsp3) is 0.786. The third-order valence-electron chi connectivity index (χ3n) is 3.87. The lowest BCUT2D eigenvalue weighted by molar-refractivity contribution is 0.0952. The van der Waals surface area contributed by atoms with Crippen LogP contribution in [0.5, 0.6) is 0 Å². The zero-order chi connectivity index (χ0) is 13.8. The molecule has 0 amide bonds. The SMILES string of the molecule is CCn1nc(C)c(Cl)c1CC(CC1CCCO1)NC. The van der Waals surface area contributed by atoms with E-state index in [0.717, 1.165) is 42.4 Å². The summed E-state index contributed by atoms with van der Waals surface area (Å²) >= 11 is 6.37. The molecule has 5 heteroatoms. The number of nitrogens with zero attached hydrogens (tertiary/aromatic N) is 2. The van der Waals surface area contributed by atoms with Crippen molar-refractivity contribution >= 4 is 11.6 Å². The molecule has 1 aliphatic heterocycles. The van der Waals surface area contributed by atoms with Gasteiger partial charge in [0, 0.05) is 25.6 Å². The maximum Gasteiger partial charge on any atom is 0.0847 e. The third-order valence-corrected chi connectivity index (χ3v) is 4.36. The molecule has 0 radical (unpaired) electrons. The Morgan fingerprint density at radius 3 is 2.95 bits per heavy atom. The molecule has 0 aliphatic carbocycles. The van der Waals surface area contributed by atoms with E-state index in [1.807, 2.05) is 18.7 Å². The van der Waals surface area contributed by atoms with Gasteiger partial charge in [-0.15, -0.1) is 0 Å². The van der Waals surface area contributed by atoms with Crippen LogP contribution in [0.1, 0.15) is 37.6 Å². The number of hydrogen-bond acceptors (Lipinski definition) is 3. The van der Waals surface area contributed by atoms with E-state index >= 15 is 0 Å². The first-order chi connectivity index (χ1) is 9.15. The molecule has 1 aromatic heterocycles. The second-order valence-electron chi connectivity index (χ2n) is 5.22. The summed E-state index contributed by atoms with van der Waals surface area (Å²) < 4.78 is 7.73. The Morgan fingerprint density at radius 1 is 1.58 bits per heavy atom. The van der Waals surface area contributed by atoms with Crippen LogP contribution in [0.4, 0.5) is 0 Å². The van der Waals surface area contributed by atoms with Crippen LogP contribution in [-0.2, 0) is 17.7 Å². The number of halogens is 1. The molecule has 108 valence electrons. The molecule has 1 aromatic rings. The lowest BCUT2D eigenvalue weighted by atomic mass is 10.0. The Morgan fingerprint density at radius 2 is 2.37 bits per heavy atom. The molecule has 1 saturated heterocycles. The van der Waals surface area contributed by atoms with E-state index in [-0.39, 0.29) is 0 Å². The number of likely N-dealkylation sites (N-methyl/N-ethyl adjacent to an activating group) is 1. The van der Waals surface area contributed by atoms with Crippen molar-refractivity contribution in [1.29, 1.82) is 0 Å². The Bertz CT molecular complexity index is 413. The van der Waals surface area contributed by atoms with Gasteiger partial charge in [0.05, 0.1) is 22.5 Å². The van der Waals surface area contributed by atoms with Gasteiger partial charge in [0.15, 0.2) is 0 Å². The second-order valence-corrected chi connectivity index (χ2v) is 5.60. The zero-order valence-electron chi connectivity index (χ0n) is 12.1. The predicted octanol–water partition coefficient (Wildman–Crippen LogP) is 2.56. The first-order valence-corrected chi connectivity index (χ1v) is 7.54. The summed E-state index contributed by atoms with van der Waals surface area (Å²) in [6.45, 7) is 5.83. The van der Waals surface area contributed by atoms with Crippen molar-refractivity contribution < 1.29 is 4.74 Å². The quantitative estimate of drug-likeness (QED) is 0.873. The van der Waals surface area contributed by atoms with Crippen molar-refractivity contribution in [2.45, 2.75) is 58.2 Å². The Hall–Kier alpha value is -0.580. The molecule has 2 unspecified atom stereocenters. The Balaban J connectivity index is 2.04. The number of nitrogens with one attached hydrogen (secondary N) is 1. The minimum absolute atomic E-state index is 0.391. The van der Waals surface area contributed by atoms with E-state index in [9.17, 15) is 0 Å². The lowest BCUT2D eigenvalue weighted by Crippen LogP contribution is -2.32. The number of rotatable bonds is 6. The highest BCUT2D eigenvalue weighted by Crippen LogP contribution is 2.24. The number of aromatic nitrogens is 2. The van der Waals surface area contributed by atoms with Crippen LogP contribution in [0.15, 0.2) is 0 Å². The standard InChI is InChI=1S/C14H24ClN3O/c1-4-18-13(14(15)10(2)17-18)9-11(16-3)8-12-6-5-7-19-12/h11-12,16H,4-9H2,1-3H3. The Labute approximate surface area is 120 Å². The molecule has 0 aromatic carbocycles. The van der Waals surface area contributed by atoms with Crippen molar-refractivity contribution in [1.82, 2.24) is 15.1 Å². The van der Waals surface area contributed by atoms with Gasteiger partial charge in [-0.1, -0.05) is 11.6 Å². The van der Waals surface area contributed by atoms with E-state index in [0.29, 0.717) is 12.1 Å². The van der Waals surface area contributed by atoms with Gasteiger partial charge in [0.1, 0.15) is 0 Å². The van der Waals surface area contributed by atoms with Gasteiger partial charge >= 0.3 is 0 Å². The monoisotopic (exact) mass is 285 g/mol. The molecule has 1 aliphatic rings. The highest BCUT2D eigenvalue weighted by molar-refractivity contribution is 6.31. The van der Waals surface area contributed by atoms with Gasteiger partial charge < -0.3 is 10.1 Å². The van der Waals surface area contributed by atoms with Crippen LogP contribution in [0.2, 0.25) is 5.02 Å². The van der Waals surface area contributed by atoms with Crippen LogP contribution in [-0.4, -0.2) is 35.6 Å². The van der Waals surface area contributed by atoms with E-state index in [2.05, 4.69) is 17.3 Å². The molecule has 0 spiro atoms. The number of ether oxygens (including phenoxy) is 1. The topological polar surface area (TPSA) is 39.1 Å². The Kier molecular flexibility index (Phi) is 5.25. The van der Waals surface area contributed by atoms with E-state index in [4.69, 9.17) is 16.3 Å². The first-order valence-electron chi connectivity index (χ1n) is 7.16. The van der Waals surface area contributed by atoms with Gasteiger partial charge in [0.2, 0.25) is 0 Å². The van der Waals surface area contributed by atoms with Crippen molar-refractivity contribution in [3.63, 3.8) is 0 Å². The second kappa shape index (κ2) is 6.73. The molecular weight excluding hydrogens is 262 g/mol. The van der Waals surface area contributed by atoms with Gasteiger partial charge in [-0.3, -0.25) is 4.68 Å². The predicted molar refractivity (Wildman–Crippen MR) is 77.8 cm³/mol. The fourth-order valence-corrected chi connectivity index (χ4v) is 2.96. The molecule has 2 rings (SSSR count). The molecule has 2 heterocycles. The smallest absolute Gasteiger partial charge is 0.0847 e. The molecule has 1 N–H and O–H groups in total. The van der Waals surface area contributed by atoms with Crippen molar-refractivity contribution in [3.05, 3.63) is 16.4 Å². The van der Waals surface area contributed by atoms with Gasteiger partial charge in [0.25, 0.3) is 0 Å². The molecular formula is C14H24ClN3O. The van der Waals surface area contributed by atoms with Crippen LogP contribution >= 0.6 is 11.6 Å². The summed E-state index contributed by atoms with van der Waals surface area (Å²) in [6.07, 6.45) is 4.71. The summed E-state index contributed by atoms with van der Waals surface area (Å²) in [5, 5.41) is 8.67. The largest absolute Gasteiger partial charge is 0.378 e. The van der Waals surface area contributed by atoms with E-state index < -0.39 is 0 Å². The van der Waals surface area contributed by atoms with Gasteiger partial charge in [-0.25, -0.2) is 0 Å². The van der Waals surface area contributed by atoms with Crippen molar-refractivity contribution in [2.75, 3.05) is 13.7 Å². The highest BCUT2D eigenvalue weighted by Gasteiger charge is 2.22. The summed E-state index contributed by atoms with van der Waals surface area (Å²) in [6, 6.07) is 0.391. The highest BCUT2D eigenvalue weighted by atomic mass is 35.5. The fourth-order valence-electron chi connectivity index (χ4n) is 2.75. The van der Waals surface area contributed by atoms with Gasteiger partial charge in [-0.2, -0.15) is 5.10 Å². The van der Waals surface area contributed by atoms with Crippen LogP contribution in [0.25, 0.3) is 0 Å². The normalized spacial score (nSPS) is 20.9. The van der Waals surface area contributed by atoms with E-state index in [1.165, 1.54) is 12.8 Å².